The molecule has 0 spiro atoms. The molecule has 0 saturated carbocycles. The van der Waals surface area contributed by atoms with Crippen molar-refractivity contribution in [2.75, 3.05) is 11.9 Å². The van der Waals surface area contributed by atoms with E-state index in [4.69, 9.17) is 0 Å². The van der Waals surface area contributed by atoms with Gasteiger partial charge in [0, 0.05) is 29.8 Å². The van der Waals surface area contributed by atoms with Crippen molar-refractivity contribution >= 4 is 27.8 Å². The van der Waals surface area contributed by atoms with Crippen LogP contribution in [0.4, 0.5) is 10.6 Å². The highest BCUT2D eigenvalue weighted by molar-refractivity contribution is 9.10. The number of benzene rings is 1. The number of rotatable bonds is 4. The molecule has 0 radical (unpaired) electrons. The third-order valence-corrected chi connectivity index (χ3v) is 3.50. The number of aromatic nitrogens is 2. The number of hydrogen-bond donors (Lipinski definition) is 2. The van der Waals surface area contributed by atoms with Crippen molar-refractivity contribution in [2.24, 2.45) is 7.05 Å². The van der Waals surface area contributed by atoms with Crippen LogP contribution in [0.5, 0.6) is 0 Å². The molecular weight excluding hydrogens is 320 g/mol. The van der Waals surface area contributed by atoms with Gasteiger partial charge in [-0.25, -0.2) is 4.79 Å². The van der Waals surface area contributed by atoms with Crippen molar-refractivity contribution in [3.8, 4) is 0 Å². The zero-order chi connectivity index (χ0) is 14.5. The van der Waals surface area contributed by atoms with Gasteiger partial charge in [0.25, 0.3) is 0 Å². The minimum absolute atomic E-state index is 0.236. The van der Waals surface area contributed by atoms with Crippen molar-refractivity contribution in [3.05, 3.63) is 46.1 Å². The number of carbonyl (C=O) groups excluding carboxylic acids is 1. The van der Waals surface area contributed by atoms with Crippen LogP contribution in [0, 0.1) is 6.92 Å². The average molecular weight is 337 g/mol. The molecule has 5 nitrogen and oxygen atoms in total. The van der Waals surface area contributed by atoms with Crippen LogP contribution in [0.1, 0.15) is 11.3 Å². The quantitative estimate of drug-likeness (QED) is 0.901. The molecule has 2 amide bonds. The van der Waals surface area contributed by atoms with Gasteiger partial charge in [-0.1, -0.05) is 28.1 Å². The number of nitrogens with zero attached hydrogens (tertiary/aromatic N) is 2. The zero-order valence-electron chi connectivity index (χ0n) is 11.5. The summed E-state index contributed by atoms with van der Waals surface area (Å²) in [6.07, 6.45) is 0.794. The Morgan fingerprint density at radius 2 is 2.05 bits per heavy atom. The van der Waals surface area contributed by atoms with Crippen molar-refractivity contribution < 1.29 is 4.79 Å². The highest BCUT2D eigenvalue weighted by Crippen LogP contribution is 2.10. The van der Waals surface area contributed by atoms with Gasteiger partial charge in [0.15, 0.2) is 5.82 Å². The molecule has 1 aromatic carbocycles. The molecule has 0 aliphatic heterocycles. The number of urea groups is 1. The molecule has 2 aromatic rings. The maximum Gasteiger partial charge on any atom is 0.320 e. The Kier molecular flexibility index (Phi) is 4.79. The van der Waals surface area contributed by atoms with E-state index in [-0.39, 0.29) is 6.03 Å². The third-order valence-electron chi connectivity index (χ3n) is 2.97. The van der Waals surface area contributed by atoms with Gasteiger partial charge in [0.1, 0.15) is 0 Å². The Hall–Kier alpha value is -1.82. The fourth-order valence-corrected chi connectivity index (χ4v) is 2.02. The van der Waals surface area contributed by atoms with E-state index in [0.29, 0.717) is 12.4 Å². The highest BCUT2D eigenvalue weighted by atomic mass is 79.9. The third kappa shape index (κ3) is 4.09. The topological polar surface area (TPSA) is 59.0 Å². The number of halogens is 1. The van der Waals surface area contributed by atoms with Gasteiger partial charge in [0.05, 0.1) is 0 Å². The lowest BCUT2D eigenvalue weighted by atomic mass is 10.1. The van der Waals surface area contributed by atoms with Crippen LogP contribution in [-0.4, -0.2) is 22.4 Å². The van der Waals surface area contributed by atoms with Crippen LogP contribution in [0.25, 0.3) is 0 Å². The van der Waals surface area contributed by atoms with E-state index >= 15 is 0 Å². The van der Waals surface area contributed by atoms with Crippen molar-refractivity contribution in [3.63, 3.8) is 0 Å². The molecule has 0 saturated heterocycles. The maximum absolute atomic E-state index is 11.7. The molecule has 0 fully saturated rings. The molecule has 106 valence electrons. The summed E-state index contributed by atoms with van der Waals surface area (Å²) in [7, 11) is 1.84. The fourth-order valence-electron chi connectivity index (χ4n) is 1.75. The summed E-state index contributed by atoms with van der Waals surface area (Å²) in [6.45, 7) is 2.52. The van der Waals surface area contributed by atoms with E-state index in [2.05, 4.69) is 31.7 Å². The maximum atomic E-state index is 11.7. The second-order valence-corrected chi connectivity index (χ2v) is 5.47. The smallest absolute Gasteiger partial charge is 0.320 e. The molecule has 2 N–H and O–H groups in total. The number of aryl methyl sites for hydroxylation is 2. The standard InChI is InChI=1S/C14H17BrN4O/c1-10-9-13(18-19(10)2)17-14(20)16-8-7-11-3-5-12(15)6-4-11/h3-6,9H,7-8H2,1-2H3,(H2,16,17,18,20). The van der Waals surface area contributed by atoms with Crippen molar-refractivity contribution in [1.82, 2.24) is 15.1 Å². The number of hydrogen-bond acceptors (Lipinski definition) is 2. The highest BCUT2D eigenvalue weighted by Gasteiger charge is 2.05. The average Bonchev–Trinajstić information content (AvgIpc) is 2.70. The van der Waals surface area contributed by atoms with Gasteiger partial charge in [-0.15, -0.1) is 0 Å². The fraction of sp³-hybridized carbons (Fsp3) is 0.286. The number of anilines is 1. The van der Waals surface area contributed by atoms with Gasteiger partial charge in [0.2, 0.25) is 0 Å². The molecule has 20 heavy (non-hydrogen) atoms. The van der Waals surface area contributed by atoms with E-state index in [1.165, 1.54) is 5.56 Å². The van der Waals surface area contributed by atoms with Gasteiger partial charge in [-0.2, -0.15) is 5.10 Å². The minimum Gasteiger partial charge on any atom is -0.337 e. The molecule has 0 aliphatic carbocycles. The molecule has 1 aromatic heterocycles. The van der Waals surface area contributed by atoms with Gasteiger partial charge >= 0.3 is 6.03 Å². The number of amides is 2. The Bertz CT molecular complexity index is 572. The minimum atomic E-state index is -0.236. The van der Waals surface area contributed by atoms with Crippen LogP contribution in [0.2, 0.25) is 0 Å². The van der Waals surface area contributed by atoms with Gasteiger partial charge in [-0.3, -0.25) is 10.00 Å². The van der Waals surface area contributed by atoms with Gasteiger partial charge in [-0.05, 0) is 31.0 Å². The monoisotopic (exact) mass is 336 g/mol. The molecular formula is C14H17BrN4O. The largest absolute Gasteiger partial charge is 0.337 e. The lowest BCUT2D eigenvalue weighted by Crippen LogP contribution is -2.30. The second-order valence-electron chi connectivity index (χ2n) is 4.55. The summed E-state index contributed by atoms with van der Waals surface area (Å²) in [5, 5.41) is 9.69. The van der Waals surface area contributed by atoms with Crippen LogP contribution in [0.15, 0.2) is 34.8 Å². The summed E-state index contributed by atoms with van der Waals surface area (Å²) < 4.78 is 2.77. The zero-order valence-corrected chi connectivity index (χ0v) is 13.1. The Labute approximate surface area is 126 Å². The second kappa shape index (κ2) is 6.56. The predicted octanol–water partition coefficient (Wildman–Crippen LogP) is 2.86. The number of carbonyl (C=O) groups is 1. The lowest BCUT2D eigenvalue weighted by molar-refractivity contribution is 0.252. The molecule has 0 unspecified atom stereocenters. The molecule has 0 aliphatic rings. The van der Waals surface area contributed by atoms with Crippen LogP contribution in [-0.2, 0) is 13.5 Å². The van der Waals surface area contributed by atoms with Crippen LogP contribution < -0.4 is 10.6 Å². The SMILES string of the molecule is Cc1cc(NC(=O)NCCc2ccc(Br)cc2)nn1C. The normalized spacial score (nSPS) is 10.3. The van der Waals surface area contributed by atoms with Gasteiger partial charge < -0.3 is 5.32 Å². The first kappa shape index (κ1) is 14.6. The van der Waals surface area contributed by atoms with Crippen molar-refractivity contribution in [2.45, 2.75) is 13.3 Å². The summed E-state index contributed by atoms with van der Waals surface area (Å²) in [6, 6.07) is 9.64. The van der Waals surface area contributed by atoms with Crippen molar-refractivity contribution in [1.29, 1.82) is 0 Å². The Morgan fingerprint density at radius 3 is 2.65 bits per heavy atom. The Morgan fingerprint density at radius 1 is 1.35 bits per heavy atom. The summed E-state index contributed by atoms with van der Waals surface area (Å²) >= 11 is 3.39. The summed E-state index contributed by atoms with van der Waals surface area (Å²) in [5.74, 6) is 0.561. The molecule has 2 rings (SSSR count). The van der Waals surface area contributed by atoms with E-state index in [0.717, 1.165) is 16.6 Å². The van der Waals surface area contributed by atoms with Crippen LogP contribution >= 0.6 is 15.9 Å². The number of nitrogens with one attached hydrogen (secondary N) is 2. The first-order valence-electron chi connectivity index (χ1n) is 6.34. The van der Waals surface area contributed by atoms with E-state index < -0.39 is 0 Å². The summed E-state index contributed by atoms with van der Waals surface area (Å²) in [4.78, 5) is 11.7. The van der Waals surface area contributed by atoms with Crippen LogP contribution in [0.3, 0.4) is 0 Å². The predicted molar refractivity (Wildman–Crippen MR) is 82.8 cm³/mol. The first-order chi connectivity index (χ1) is 9.54. The van der Waals surface area contributed by atoms with E-state index in [9.17, 15) is 4.79 Å². The molecule has 6 heteroatoms. The first-order valence-corrected chi connectivity index (χ1v) is 7.14. The lowest BCUT2D eigenvalue weighted by Gasteiger charge is -2.05. The molecule has 0 bridgehead atoms. The Balaban J connectivity index is 1.76. The van der Waals surface area contributed by atoms with E-state index in [1.54, 1.807) is 4.68 Å². The molecule has 1 heterocycles. The summed E-state index contributed by atoms with van der Waals surface area (Å²) in [5.41, 5.74) is 2.18. The van der Waals surface area contributed by atoms with E-state index in [1.807, 2.05) is 44.3 Å². The molecule has 0 atom stereocenters.